The molecule has 3 rings (SSSR count). The van der Waals surface area contributed by atoms with Crippen LogP contribution in [0.5, 0.6) is 0 Å². The molecule has 0 spiro atoms. The van der Waals surface area contributed by atoms with Gasteiger partial charge in [-0.2, -0.15) is 5.10 Å². The van der Waals surface area contributed by atoms with Gasteiger partial charge in [0.2, 0.25) is 0 Å². The monoisotopic (exact) mass is 427 g/mol. The van der Waals surface area contributed by atoms with Crippen LogP contribution in [0.1, 0.15) is 33.0 Å². The number of nitrogens with one attached hydrogen (secondary N) is 2. The van der Waals surface area contributed by atoms with Crippen molar-refractivity contribution in [2.24, 2.45) is 0 Å². The first-order valence-electron chi connectivity index (χ1n) is 8.98. The molecule has 0 bridgehead atoms. The Balaban J connectivity index is 1.71. The van der Waals surface area contributed by atoms with Crippen molar-refractivity contribution >= 4 is 29.4 Å². The van der Waals surface area contributed by atoms with E-state index in [1.807, 2.05) is 42.5 Å². The molecule has 1 heterocycles. The van der Waals surface area contributed by atoms with E-state index in [1.165, 1.54) is 0 Å². The number of carbonyl (C=O) groups excluding carboxylic acids is 1. The van der Waals surface area contributed by atoms with E-state index < -0.39 is 23.9 Å². The maximum atomic E-state index is 12.4. The molecule has 0 saturated heterocycles. The van der Waals surface area contributed by atoms with Crippen molar-refractivity contribution in [3.63, 3.8) is 0 Å². The third-order valence-corrected chi connectivity index (χ3v) is 4.63. The number of carboxylic acid groups (broad SMARTS) is 2. The average molecular weight is 428 g/mol. The lowest BCUT2D eigenvalue weighted by Crippen LogP contribution is -2.38. The van der Waals surface area contributed by atoms with E-state index in [4.69, 9.17) is 16.7 Å². The van der Waals surface area contributed by atoms with Gasteiger partial charge in [0.05, 0.1) is 6.42 Å². The molecule has 2 aromatic carbocycles. The van der Waals surface area contributed by atoms with Gasteiger partial charge in [0.1, 0.15) is 5.69 Å². The number of H-pyrrole nitrogens is 1. The maximum Gasteiger partial charge on any atom is 0.356 e. The average Bonchev–Trinajstić information content (AvgIpc) is 3.19. The van der Waals surface area contributed by atoms with Gasteiger partial charge in [-0.15, -0.1) is 0 Å². The zero-order chi connectivity index (χ0) is 21.7. The van der Waals surface area contributed by atoms with E-state index in [9.17, 15) is 19.5 Å². The van der Waals surface area contributed by atoms with E-state index in [2.05, 4.69) is 15.5 Å². The molecule has 0 aliphatic heterocycles. The summed E-state index contributed by atoms with van der Waals surface area (Å²) in [6.45, 7) is 0. The highest BCUT2D eigenvalue weighted by atomic mass is 35.5. The lowest BCUT2D eigenvalue weighted by Gasteiger charge is -2.17. The van der Waals surface area contributed by atoms with Gasteiger partial charge < -0.3 is 15.5 Å². The molecule has 0 saturated carbocycles. The van der Waals surface area contributed by atoms with Gasteiger partial charge in [-0.3, -0.25) is 14.7 Å². The van der Waals surface area contributed by atoms with Gasteiger partial charge in [0.25, 0.3) is 5.91 Å². The summed E-state index contributed by atoms with van der Waals surface area (Å²) in [5, 5.41) is 27.2. The Kier molecular flexibility index (Phi) is 6.48. The highest BCUT2D eigenvalue weighted by molar-refractivity contribution is 6.30. The lowest BCUT2D eigenvalue weighted by atomic mass is 9.99. The minimum Gasteiger partial charge on any atom is -0.481 e. The van der Waals surface area contributed by atoms with Crippen molar-refractivity contribution in [2.75, 3.05) is 0 Å². The molecule has 3 aromatic rings. The van der Waals surface area contributed by atoms with E-state index in [0.29, 0.717) is 5.02 Å². The molecule has 4 N–H and O–H groups in total. The van der Waals surface area contributed by atoms with Gasteiger partial charge in [0, 0.05) is 17.1 Å². The summed E-state index contributed by atoms with van der Waals surface area (Å²) in [7, 11) is 0. The number of aromatic carboxylic acids is 1. The first-order valence-corrected chi connectivity index (χ1v) is 9.36. The molecule has 0 radical (unpaired) electrons. The van der Waals surface area contributed by atoms with E-state index in [0.717, 1.165) is 22.8 Å². The molecule has 0 unspecified atom stereocenters. The minimum absolute atomic E-state index is 0.0564. The Hall–Kier alpha value is -3.65. The molecule has 30 heavy (non-hydrogen) atoms. The number of hydrogen-bond donors (Lipinski definition) is 4. The number of carboxylic acids is 2. The smallest absolute Gasteiger partial charge is 0.356 e. The first-order chi connectivity index (χ1) is 14.3. The van der Waals surface area contributed by atoms with Crippen molar-refractivity contribution in [1.82, 2.24) is 15.5 Å². The number of rotatable bonds is 8. The fraction of sp³-hybridized carbons (Fsp3) is 0.143. The predicted molar refractivity (Wildman–Crippen MR) is 110 cm³/mol. The summed E-state index contributed by atoms with van der Waals surface area (Å²) in [4.78, 5) is 34.5. The SMILES string of the molecule is O=C(O)C[C@@H](Cc1ccc(-c2cccc(Cl)c2)cc1)NC(=O)c1cc(C(=O)O)n[nH]1. The molecule has 0 aliphatic rings. The fourth-order valence-corrected chi connectivity index (χ4v) is 3.17. The zero-order valence-corrected chi connectivity index (χ0v) is 16.4. The topological polar surface area (TPSA) is 132 Å². The number of nitrogens with zero attached hydrogens (tertiary/aromatic N) is 1. The highest BCUT2D eigenvalue weighted by Gasteiger charge is 2.20. The maximum absolute atomic E-state index is 12.4. The highest BCUT2D eigenvalue weighted by Crippen LogP contribution is 2.23. The fourth-order valence-electron chi connectivity index (χ4n) is 2.98. The third-order valence-electron chi connectivity index (χ3n) is 4.39. The molecule has 0 aliphatic carbocycles. The Morgan fingerprint density at radius 2 is 1.77 bits per heavy atom. The Labute approximate surface area is 176 Å². The number of aromatic nitrogens is 2. The van der Waals surface area contributed by atoms with Crippen LogP contribution >= 0.6 is 11.6 Å². The predicted octanol–water partition coefficient (Wildman–Crippen LogP) is 3.24. The number of benzene rings is 2. The lowest BCUT2D eigenvalue weighted by molar-refractivity contribution is -0.137. The number of halogens is 1. The van der Waals surface area contributed by atoms with Crippen LogP contribution in [0.25, 0.3) is 11.1 Å². The Morgan fingerprint density at radius 3 is 2.37 bits per heavy atom. The van der Waals surface area contributed by atoms with Gasteiger partial charge in [-0.1, -0.05) is 48.0 Å². The molecule has 1 atom stereocenters. The van der Waals surface area contributed by atoms with Gasteiger partial charge in [-0.25, -0.2) is 4.79 Å². The van der Waals surface area contributed by atoms with Crippen molar-refractivity contribution in [1.29, 1.82) is 0 Å². The number of amides is 1. The molecule has 1 aromatic heterocycles. The van der Waals surface area contributed by atoms with Crippen LogP contribution in [0, 0.1) is 0 Å². The van der Waals surface area contributed by atoms with Crippen LogP contribution in [0.3, 0.4) is 0 Å². The second-order valence-electron chi connectivity index (χ2n) is 6.65. The number of hydrogen-bond acceptors (Lipinski definition) is 4. The summed E-state index contributed by atoms with van der Waals surface area (Å²) >= 11 is 6.03. The van der Waals surface area contributed by atoms with Gasteiger partial charge in [-0.05, 0) is 35.2 Å². The van der Waals surface area contributed by atoms with E-state index in [-0.39, 0.29) is 24.2 Å². The van der Waals surface area contributed by atoms with Crippen molar-refractivity contribution < 1.29 is 24.6 Å². The van der Waals surface area contributed by atoms with E-state index >= 15 is 0 Å². The summed E-state index contributed by atoms with van der Waals surface area (Å²) in [5.74, 6) is -2.96. The van der Waals surface area contributed by atoms with Crippen LogP contribution < -0.4 is 5.32 Å². The second-order valence-corrected chi connectivity index (χ2v) is 7.09. The number of aliphatic carboxylic acids is 1. The number of aromatic amines is 1. The summed E-state index contributed by atoms with van der Waals surface area (Å²) in [6, 6.07) is 15.3. The van der Waals surface area contributed by atoms with Crippen LogP contribution in [0.2, 0.25) is 5.02 Å². The normalized spacial score (nSPS) is 11.6. The van der Waals surface area contributed by atoms with Gasteiger partial charge >= 0.3 is 11.9 Å². The molecule has 0 fully saturated rings. The second kappa shape index (κ2) is 9.23. The molecular weight excluding hydrogens is 410 g/mol. The minimum atomic E-state index is -1.27. The molecular formula is C21H18ClN3O5. The van der Waals surface area contributed by atoms with Crippen LogP contribution in [-0.2, 0) is 11.2 Å². The summed E-state index contributed by atoms with van der Waals surface area (Å²) in [5.41, 5.74) is 2.39. The molecule has 1 amide bonds. The van der Waals surface area contributed by atoms with Crippen LogP contribution in [0.15, 0.2) is 54.6 Å². The van der Waals surface area contributed by atoms with Gasteiger partial charge in [0.15, 0.2) is 5.69 Å². The van der Waals surface area contributed by atoms with E-state index in [1.54, 1.807) is 6.07 Å². The third kappa shape index (κ3) is 5.45. The quantitative estimate of drug-likeness (QED) is 0.436. The summed E-state index contributed by atoms with van der Waals surface area (Å²) in [6.07, 6.45) is -0.00446. The molecule has 154 valence electrons. The summed E-state index contributed by atoms with van der Waals surface area (Å²) < 4.78 is 0. The molecule has 8 nitrogen and oxygen atoms in total. The van der Waals surface area contributed by atoms with Crippen molar-refractivity contribution in [3.8, 4) is 11.1 Å². The first kappa shape index (κ1) is 21.1. The number of carbonyl (C=O) groups is 3. The Bertz CT molecular complexity index is 1080. The van der Waals surface area contributed by atoms with Crippen molar-refractivity contribution in [3.05, 3.63) is 76.6 Å². The van der Waals surface area contributed by atoms with Crippen molar-refractivity contribution in [2.45, 2.75) is 18.9 Å². The molecule has 9 heteroatoms. The largest absolute Gasteiger partial charge is 0.481 e. The zero-order valence-electron chi connectivity index (χ0n) is 15.6. The standard InChI is InChI=1S/C21H18ClN3O5/c22-15-3-1-2-14(9-15)13-6-4-12(5-7-13)8-16(10-19(26)27)23-20(28)17-11-18(21(29)30)25-24-17/h1-7,9,11,16H,8,10H2,(H,23,28)(H,24,25)(H,26,27)(H,29,30)/t16-/m1/s1. The van der Waals surface area contributed by atoms with Crippen LogP contribution in [0.4, 0.5) is 0 Å². The Morgan fingerprint density at radius 1 is 1.03 bits per heavy atom. The van der Waals surface area contributed by atoms with Crippen LogP contribution in [-0.4, -0.2) is 44.3 Å².